The van der Waals surface area contributed by atoms with E-state index >= 15 is 0 Å². The van der Waals surface area contributed by atoms with E-state index in [9.17, 15) is 9.59 Å². The van der Waals surface area contributed by atoms with Crippen LogP contribution in [0.2, 0.25) is 0 Å². The summed E-state index contributed by atoms with van der Waals surface area (Å²) in [6.07, 6.45) is 3.87. The van der Waals surface area contributed by atoms with Crippen LogP contribution in [0, 0.1) is 5.92 Å². The zero-order chi connectivity index (χ0) is 25.4. The molecule has 0 bridgehead atoms. The third kappa shape index (κ3) is 4.27. The summed E-state index contributed by atoms with van der Waals surface area (Å²) in [6.45, 7) is 6.95. The molecule has 2 aliphatic heterocycles. The number of carbonyl (C=O) groups excluding carboxylic acids is 2. The summed E-state index contributed by atoms with van der Waals surface area (Å²) in [6, 6.07) is 15.4. The fourth-order valence-electron chi connectivity index (χ4n) is 5.57. The van der Waals surface area contributed by atoms with Crippen LogP contribution in [0.25, 0.3) is 10.9 Å². The second-order valence-corrected chi connectivity index (χ2v) is 10.3. The smallest absolute Gasteiger partial charge is 0.256 e. The van der Waals surface area contributed by atoms with Crippen molar-refractivity contribution in [2.75, 3.05) is 19.0 Å². The number of benzene rings is 2. The maximum atomic E-state index is 13.5. The molecular formula is C29H34N4O3. The number of rotatable bonds is 9. The van der Waals surface area contributed by atoms with Gasteiger partial charge in [-0.2, -0.15) is 0 Å². The zero-order valence-electron chi connectivity index (χ0n) is 21.4. The lowest BCUT2D eigenvalue weighted by atomic mass is 10.0. The molecule has 7 heteroatoms. The number of ether oxygens (including phenoxy) is 1. The van der Waals surface area contributed by atoms with E-state index in [0.29, 0.717) is 18.9 Å². The van der Waals surface area contributed by atoms with E-state index < -0.39 is 0 Å². The summed E-state index contributed by atoms with van der Waals surface area (Å²) in [5.74, 6) is 1.16. The number of fused-ring (bicyclic) bond motifs is 4. The van der Waals surface area contributed by atoms with Crippen LogP contribution in [-0.4, -0.2) is 52.3 Å². The van der Waals surface area contributed by atoms with E-state index in [1.807, 2.05) is 58.3 Å². The molecule has 1 aromatic heterocycles. The molecular weight excluding hydrogens is 452 g/mol. The summed E-state index contributed by atoms with van der Waals surface area (Å²) >= 11 is 0. The molecule has 3 atom stereocenters. The molecule has 1 N–H and O–H groups in total. The Hall–Kier alpha value is -3.61. The standard InChI is InChI=1S/C29H34N4O3/c1-18(2)15-25-29(35)32(27-22-11-5-6-12-23(22)28(34)33(25)27)14-8-9-19(3)31-24-17-21(36-4)16-20-10-7-13-30-26(20)24/h5-7,10-13,16-19,25,27,31H,8-9,14-15H2,1-4H3/t19?,25-,27+/m0/s1. The van der Waals surface area contributed by atoms with Crippen LogP contribution in [0.5, 0.6) is 5.75 Å². The molecule has 3 heterocycles. The lowest BCUT2D eigenvalue weighted by molar-refractivity contribution is -0.130. The normalized spacial score (nSPS) is 19.7. The largest absolute Gasteiger partial charge is 0.497 e. The number of nitrogens with zero attached hydrogens (tertiary/aromatic N) is 3. The molecule has 1 fully saturated rings. The highest BCUT2D eigenvalue weighted by Gasteiger charge is 2.53. The molecule has 2 aliphatic rings. The van der Waals surface area contributed by atoms with Gasteiger partial charge in [0.1, 0.15) is 18.0 Å². The molecule has 7 nitrogen and oxygen atoms in total. The minimum atomic E-state index is -0.389. The van der Waals surface area contributed by atoms with Crippen molar-refractivity contribution in [1.29, 1.82) is 0 Å². The first-order valence-corrected chi connectivity index (χ1v) is 12.8. The van der Waals surface area contributed by atoms with E-state index in [2.05, 4.69) is 31.1 Å². The van der Waals surface area contributed by atoms with E-state index in [-0.39, 0.29) is 30.1 Å². The molecule has 188 valence electrons. The predicted molar refractivity (Wildman–Crippen MR) is 141 cm³/mol. The van der Waals surface area contributed by atoms with Gasteiger partial charge in [0.2, 0.25) is 5.91 Å². The molecule has 0 radical (unpaired) electrons. The van der Waals surface area contributed by atoms with Crippen LogP contribution >= 0.6 is 0 Å². The average Bonchev–Trinajstić information content (AvgIpc) is 3.31. The third-order valence-electron chi connectivity index (χ3n) is 7.21. The van der Waals surface area contributed by atoms with Crippen molar-refractivity contribution in [3.8, 4) is 5.75 Å². The van der Waals surface area contributed by atoms with E-state index in [4.69, 9.17) is 4.74 Å². The maximum absolute atomic E-state index is 13.5. The number of amides is 2. The SMILES string of the molecule is COc1cc(NC(C)CCCN2C(=O)[C@H](CC(C)C)N3C(=O)c4ccccc4[C@H]23)c2ncccc2c1. The summed E-state index contributed by atoms with van der Waals surface area (Å²) in [4.78, 5) is 35.0. The molecule has 2 aromatic carbocycles. The van der Waals surface area contributed by atoms with E-state index in [1.165, 1.54) is 0 Å². The Morgan fingerprint density at radius 3 is 2.67 bits per heavy atom. The van der Waals surface area contributed by atoms with Crippen LogP contribution in [0.3, 0.4) is 0 Å². The van der Waals surface area contributed by atoms with Gasteiger partial charge in [0, 0.05) is 41.4 Å². The summed E-state index contributed by atoms with van der Waals surface area (Å²) in [5.41, 5.74) is 3.52. The van der Waals surface area contributed by atoms with Crippen molar-refractivity contribution in [3.63, 3.8) is 0 Å². The van der Waals surface area contributed by atoms with Gasteiger partial charge in [0.05, 0.1) is 18.3 Å². The van der Waals surface area contributed by atoms with Gasteiger partial charge in [0.15, 0.2) is 0 Å². The van der Waals surface area contributed by atoms with Gasteiger partial charge < -0.3 is 19.9 Å². The minimum Gasteiger partial charge on any atom is -0.497 e. The number of pyridine rings is 1. The molecule has 0 aliphatic carbocycles. The van der Waals surface area contributed by atoms with Crippen LogP contribution in [0.15, 0.2) is 54.7 Å². The van der Waals surface area contributed by atoms with Gasteiger partial charge in [-0.25, -0.2) is 0 Å². The van der Waals surface area contributed by atoms with Gasteiger partial charge in [-0.15, -0.1) is 0 Å². The van der Waals surface area contributed by atoms with Gasteiger partial charge in [-0.1, -0.05) is 38.1 Å². The predicted octanol–water partition coefficient (Wildman–Crippen LogP) is 5.24. The molecule has 0 spiro atoms. The maximum Gasteiger partial charge on any atom is 0.256 e. The van der Waals surface area contributed by atoms with E-state index in [0.717, 1.165) is 46.3 Å². The topological polar surface area (TPSA) is 74.8 Å². The van der Waals surface area contributed by atoms with Crippen LogP contribution in [0.4, 0.5) is 5.69 Å². The lowest BCUT2D eigenvalue weighted by Crippen LogP contribution is -2.37. The molecule has 36 heavy (non-hydrogen) atoms. The number of methoxy groups -OCH3 is 1. The second-order valence-electron chi connectivity index (χ2n) is 10.3. The van der Waals surface area contributed by atoms with Crippen molar-refractivity contribution in [2.45, 2.75) is 58.3 Å². The van der Waals surface area contributed by atoms with E-state index in [1.54, 1.807) is 13.3 Å². The number of anilines is 1. The number of hydrogen-bond acceptors (Lipinski definition) is 5. The molecule has 5 rings (SSSR count). The van der Waals surface area contributed by atoms with Gasteiger partial charge >= 0.3 is 0 Å². The minimum absolute atomic E-state index is 0.0236. The Bertz CT molecular complexity index is 1290. The van der Waals surface area contributed by atoms with Crippen molar-refractivity contribution in [3.05, 3.63) is 65.9 Å². The molecule has 1 saturated heterocycles. The van der Waals surface area contributed by atoms with Gasteiger partial charge in [-0.3, -0.25) is 14.6 Å². The highest BCUT2D eigenvalue weighted by atomic mass is 16.5. The van der Waals surface area contributed by atoms with Crippen LogP contribution in [-0.2, 0) is 4.79 Å². The fourth-order valence-corrected chi connectivity index (χ4v) is 5.57. The third-order valence-corrected chi connectivity index (χ3v) is 7.21. The first-order chi connectivity index (χ1) is 17.4. The van der Waals surface area contributed by atoms with Gasteiger partial charge in [0.25, 0.3) is 5.91 Å². The average molecular weight is 487 g/mol. The highest BCUT2D eigenvalue weighted by molar-refractivity contribution is 6.04. The first-order valence-electron chi connectivity index (χ1n) is 12.8. The molecule has 1 unspecified atom stereocenters. The lowest BCUT2D eigenvalue weighted by Gasteiger charge is -2.26. The Balaban J connectivity index is 1.30. The van der Waals surface area contributed by atoms with Crippen LogP contribution in [0.1, 0.15) is 62.1 Å². The number of aromatic nitrogens is 1. The Morgan fingerprint density at radius 2 is 1.89 bits per heavy atom. The first kappa shape index (κ1) is 24.1. The molecule has 0 saturated carbocycles. The van der Waals surface area contributed by atoms with Crippen molar-refractivity contribution < 1.29 is 14.3 Å². The fraction of sp³-hybridized carbons (Fsp3) is 0.414. The second kappa shape index (κ2) is 9.80. The van der Waals surface area contributed by atoms with Gasteiger partial charge in [-0.05, 0) is 50.3 Å². The number of hydrogen-bond donors (Lipinski definition) is 1. The van der Waals surface area contributed by atoms with Crippen molar-refractivity contribution >= 4 is 28.4 Å². The Morgan fingerprint density at radius 1 is 1.08 bits per heavy atom. The Labute approximate surface area is 212 Å². The van der Waals surface area contributed by atoms with Crippen molar-refractivity contribution in [2.24, 2.45) is 5.92 Å². The molecule has 2 amide bonds. The number of carbonyl (C=O) groups is 2. The zero-order valence-corrected chi connectivity index (χ0v) is 21.4. The molecule has 3 aromatic rings. The Kier molecular flexibility index (Phi) is 6.56. The van der Waals surface area contributed by atoms with Crippen LogP contribution < -0.4 is 10.1 Å². The summed E-state index contributed by atoms with van der Waals surface area (Å²) in [5, 5.41) is 4.61. The highest BCUT2D eigenvalue weighted by Crippen LogP contribution is 2.44. The summed E-state index contributed by atoms with van der Waals surface area (Å²) < 4.78 is 5.48. The monoisotopic (exact) mass is 486 g/mol. The van der Waals surface area contributed by atoms with Crippen molar-refractivity contribution in [1.82, 2.24) is 14.8 Å². The summed E-state index contributed by atoms with van der Waals surface area (Å²) in [7, 11) is 1.67. The number of nitrogens with one attached hydrogen (secondary N) is 1. The quantitative estimate of drug-likeness (QED) is 0.448.